The summed E-state index contributed by atoms with van der Waals surface area (Å²) in [6, 6.07) is 29.0. The van der Waals surface area contributed by atoms with E-state index in [2.05, 4.69) is 9.80 Å². The summed E-state index contributed by atoms with van der Waals surface area (Å²) >= 11 is 0. The van der Waals surface area contributed by atoms with Crippen molar-refractivity contribution in [1.29, 1.82) is 0 Å². The number of anilines is 1. The number of hydrogen-bond acceptors (Lipinski definition) is 9. The highest BCUT2D eigenvalue weighted by molar-refractivity contribution is 6.21. The fraction of sp³-hybridized carbons (Fsp3) is 0.297. The van der Waals surface area contributed by atoms with Crippen molar-refractivity contribution in [1.82, 2.24) is 9.80 Å². The Bertz CT molecular complexity index is 1750. The summed E-state index contributed by atoms with van der Waals surface area (Å²) in [4.78, 5) is 42.3. The normalized spacial score (nSPS) is 21.4. The number of nitrogens with zero attached hydrogens (tertiary/aromatic N) is 4. The molecule has 3 aliphatic rings. The number of amides is 2. The number of piperazine rings is 1. The van der Waals surface area contributed by atoms with E-state index in [9.17, 15) is 24.8 Å². The number of aliphatic hydroxyl groups excluding tert-OH is 1. The summed E-state index contributed by atoms with van der Waals surface area (Å²) in [6.45, 7) is 4.11. The number of carbonyl (C=O) groups excluding carboxylic acids is 2. The van der Waals surface area contributed by atoms with Crippen LogP contribution in [0.2, 0.25) is 0 Å². The van der Waals surface area contributed by atoms with E-state index < -0.39 is 6.29 Å². The average Bonchev–Trinajstić information content (AvgIpc) is 3.37. The van der Waals surface area contributed by atoms with Crippen LogP contribution in [-0.2, 0) is 22.6 Å². The molecule has 246 valence electrons. The largest absolute Gasteiger partial charge is 0.392 e. The molecule has 2 fully saturated rings. The van der Waals surface area contributed by atoms with E-state index in [1.165, 1.54) is 4.90 Å². The van der Waals surface area contributed by atoms with Gasteiger partial charge in [-0.25, -0.2) is 0 Å². The molecule has 0 bridgehead atoms. The summed E-state index contributed by atoms with van der Waals surface area (Å²) < 4.78 is 13.1. The second-order valence-electron chi connectivity index (χ2n) is 12.4. The zero-order valence-electron chi connectivity index (χ0n) is 26.3. The zero-order valence-corrected chi connectivity index (χ0v) is 26.3. The predicted octanol–water partition coefficient (Wildman–Crippen LogP) is 5.25. The van der Waals surface area contributed by atoms with Gasteiger partial charge >= 0.3 is 0 Å². The molecule has 2 saturated heterocycles. The SMILES string of the molecule is O=C1c2ccccc2C(=O)N1Cc1ccc([C@H]2O[C@@H](CN3CCN(c4ccc([N+](=O)[O-])cc4)CC3)C[C@@H](c3ccc(CO)cc3)O2)cc1. The van der Waals surface area contributed by atoms with Crippen LogP contribution in [0.25, 0.3) is 0 Å². The monoisotopic (exact) mass is 648 g/mol. The minimum absolute atomic E-state index is 0.0287. The van der Waals surface area contributed by atoms with Crippen molar-refractivity contribution in [3.8, 4) is 0 Å². The number of carbonyl (C=O) groups is 2. The van der Waals surface area contributed by atoms with Crippen LogP contribution < -0.4 is 4.90 Å². The number of fused-ring (bicyclic) bond motifs is 1. The minimum atomic E-state index is -0.624. The van der Waals surface area contributed by atoms with Gasteiger partial charge in [0.15, 0.2) is 6.29 Å². The molecule has 2 amide bonds. The van der Waals surface area contributed by atoms with E-state index in [1.54, 1.807) is 48.5 Å². The number of aliphatic hydroxyl groups is 1. The standard InChI is InChI=1S/C37H36N4O7/c42-24-26-7-9-27(10-8-26)34-21-31(23-38-17-19-39(20-18-38)29-13-15-30(16-14-29)41(45)46)47-37(48-34)28-11-5-25(6-12-28)22-40-35(43)32-3-1-2-4-33(32)36(40)44/h1-16,31,34,37,42H,17-24H2/t31-,34+,37+/m1/s1. The molecule has 0 aliphatic carbocycles. The smallest absolute Gasteiger partial charge is 0.269 e. The van der Waals surface area contributed by atoms with E-state index in [-0.39, 0.29) is 47.8 Å². The van der Waals surface area contributed by atoms with Gasteiger partial charge in [-0.1, -0.05) is 60.7 Å². The topological polar surface area (TPSA) is 126 Å². The zero-order chi connectivity index (χ0) is 33.2. The van der Waals surface area contributed by atoms with Gasteiger partial charge < -0.3 is 19.5 Å². The molecule has 0 aromatic heterocycles. The van der Waals surface area contributed by atoms with Gasteiger partial charge in [0.1, 0.15) is 0 Å². The Kier molecular flexibility index (Phi) is 9.00. The maximum absolute atomic E-state index is 12.9. The molecule has 4 aromatic rings. The number of nitro groups is 1. The highest BCUT2D eigenvalue weighted by Gasteiger charge is 2.36. The van der Waals surface area contributed by atoms with Crippen molar-refractivity contribution in [3.63, 3.8) is 0 Å². The third-order valence-corrected chi connectivity index (χ3v) is 9.35. The third-order valence-electron chi connectivity index (χ3n) is 9.35. The molecule has 0 spiro atoms. The number of non-ortho nitro benzene ring substituents is 1. The lowest BCUT2D eigenvalue weighted by molar-refractivity contribution is -0.384. The fourth-order valence-electron chi connectivity index (χ4n) is 6.64. The molecule has 3 heterocycles. The molecule has 0 radical (unpaired) electrons. The Balaban J connectivity index is 1.03. The molecule has 11 nitrogen and oxygen atoms in total. The van der Waals surface area contributed by atoms with Gasteiger partial charge in [0.25, 0.3) is 17.5 Å². The molecule has 11 heteroatoms. The van der Waals surface area contributed by atoms with Crippen molar-refractivity contribution in [2.45, 2.75) is 38.1 Å². The van der Waals surface area contributed by atoms with Gasteiger partial charge in [0.2, 0.25) is 0 Å². The molecule has 0 saturated carbocycles. The van der Waals surface area contributed by atoms with Crippen molar-refractivity contribution in [2.24, 2.45) is 0 Å². The average molecular weight is 649 g/mol. The Morgan fingerprint density at radius 1 is 0.750 bits per heavy atom. The van der Waals surface area contributed by atoms with Crippen molar-refractivity contribution in [2.75, 3.05) is 37.6 Å². The van der Waals surface area contributed by atoms with E-state index in [4.69, 9.17) is 9.47 Å². The summed E-state index contributed by atoms with van der Waals surface area (Å²) in [7, 11) is 0. The van der Waals surface area contributed by atoms with E-state index in [1.807, 2.05) is 48.5 Å². The van der Waals surface area contributed by atoms with Crippen LogP contribution in [0.15, 0.2) is 97.1 Å². The van der Waals surface area contributed by atoms with Gasteiger partial charge in [-0.05, 0) is 41.0 Å². The predicted molar refractivity (Wildman–Crippen MR) is 177 cm³/mol. The first kappa shape index (κ1) is 31.6. The Morgan fingerprint density at radius 2 is 1.35 bits per heavy atom. The van der Waals surface area contributed by atoms with Crippen LogP contribution in [0.4, 0.5) is 11.4 Å². The number of ether oxygens (including phenoxy) is 2. The molecule has 3 aliphatic heterocycles. The quantitative estimate of drug-likeness (QED) is 0.147. The lowest BCUT2D eigenvalue weighted by Crippen LogP contribution is -2.49. The second kappa shape index (κ2) is 13.7. The van der Waals surface area contributed by atoms with Crippen LogP contribution in [0.1, 0.15) is 61.8 Å². The van der Waals surface area contributed by atoms with Gasteiger partial charge in [-0.3, -0.25) is 29.5 Å². The Hall–Kier alpha value is -4.94. The molecule has 48 heavy (non-hydrogen) atoms. The molecule has 0 unspecified atom stereocenters. The van der Waals surface area contributed by atoms with Crippen LogP contribution >= 0.6 is 0 Å². The lowest BCUT2D eigenvalue weighted by atomic mass is 9.99. The Morgan fingerprint density at radius 3 is 1.96 bits per heavy atom. The van der Waals surface area contributed by atoms with E-state index >= 15 is 0 Å². The minimum Gasteiger partial charge on any atom is -0.392 e. The van der Waals surface area contributed by atoms with Crippen LogP contribution in [0, 0.1) is 10.1 Å². The molecule has 4 aromatic carbocycles. The van der Waals surface area contributed by atoms with Gasteiger partial charge in [0.05, 0.1) is 41.4 Å². The summed E-state index contributed by atoms with van der Waals surface area (Å²) in [6.07, 6.45) is -0.299. The fourth-order valence-corrected chi connectivity index (χ4v) is 6.64. The summed E-state index contributed by atoms with van der Waals surface area (Å²) in [5.41, 5.74) is 5.42. The third kappa shape index (κ3) is 6.58. The molecular formula is C37H36N4O7. The first-order valence-corrected chi connectivity index (χ1v) is 16.1. The second-order valence-corrected chi connectivity index (χ2v) is 12.4. The van der Waals surface area contributed by atoms with E-state index in [0.717, 1.165) is 60.7 Å². The lowest BCUT2D eigenvalue weighted by Gasteiger charge is -2.41. The van der Waals surface area contributed by atoms with Gasteiger partial charge in [-0.2, -0.15) is 0 Å². The molecular weight excluding hydrogens is 612 g/mol. The van der Waals surface area contributed by atoms with E-state index in [0.29, 0.717) is 17.5 Å². The highest BCUT2D eigenvalue weighted by atomic mass is 16.7. The van der Waals surface area contributed by atoms with Crippen molar-refractivity contribution in [3.05, 3.63) is 141 Å². The van der Waals surface area contributed by atoms with Crippen molar-refractivity contribution < 1.29 is 29.1 Å². The van der Waals surface area contributed by atoms with Crippen LogP contribution in [0.5, 0.6) is 0 Å². The molecule has 1 N–H and O–H groups in total. The van der Waals surface area contributed by atoms with Crippen LogP contribution in [0.3, 0.4) is 0 Å². The highest BCUT2D eigenvalue weighted by Crippen LogP contribution is 2.38. The van der Waals surface area contributed by atoms with Crippen LogP contribution in [-0.4, -0.2) is 70.5 Å². The molecule has 7 rings (SSSR count). The van der Waals surface area contributed by atoms with Gasteiger partial charge in [-0.15, -0.1) is 0 Å². The first-order chi connectivity index (χ1) is 23.4. The molecule has 3 atom stereocenters. The Labute approximate surface area is 278 Å². The number of imide groups is 1. The summed E-state index contributed by atoms with van der Waals surface area (Å²) in [5.74, 6) is -0.574. The number of benzene rings is 4. The van der Waals surface area contributed by atoms with Crippen molar-refractivity contribution >= 4 is 23.2 Å². The maximum Gasteiger partial charge on any atom is 0.269 e. The number of nitro benzene ring substituents is 1. The number of hydrogen-bond donors (Lipinski definition) is 1. The first-order valence-electron chi connectivity index (χ1n) is 16.1. The maximum atomic E-state index is 12.9. The van der Waals surface area contributed by atoms with Gasteiger partial charge in [0, 0.05) is 62.5 Å². The summed E-state index contributed by atoms with van der Waals surface area (Å²) in [5, 5.41) is 20.6. The number of rotatable bonds is 9.